The van der Waals surface area contributed by atoms with Crippen LogP contribution in [0.1, 0.15) is 29.8 Å². The third kappa shape index (κ3) is 4.42. The van der Waals surface area contributed by atoms with E-state index in [0.29, 0.717) is 29.6 Å². The van der Waals surface area contributed by atoms with Crippen LogP contribution in [0, 0.1) is 0 Å². The Morgan fingerprint density at radius 3 is 2.81 bits per heavy atom. The van der Waals surface area contributed by atoms with Crippen LogP contribution in [0.5, 0.6) is 11.5 Å². The van der Waals surface area contributed by atoms with Gasteiger partial charge in [-0.05, 0) is 46.5 Å². The van der Waals surface area contributed by atoms with E-state index in [1.54, 1.807) is 35.2 Å². The molecule has 0 saturated carbocycles. The number of aromatic nitrogens is 4. The quantitative estimate of drug-likeness (QED) is 0.478. The van der Waals surface area contributed by atoms with Gasteiger partial charge in [0.1, 0.15) is 0 Å². The molecule has 3 aromatic rings. The summed E-state index contributed by atoms with van der Waals surface area (Å²) < 4.78 is 12.5. The highest BCUT2D eigenvalue weighted by molar-refractivity contribution is 7.99. The van der Waals surface area contributed by atoms with E-state index in [1.807, 2.05) is 42.6 Å². The van der Waals surface area contributed by atoms with E-state index in [1.165, 1.54) is 11.8 Å². The van der Waals surface area contributed by atoms with Crippen LogP contribution in [0.3, 0.4) is 0 Å². The summed E-state index contributed by atoms with van der Waals surface area (Å²) >= 11 is 2.92. The third-order valence-electron chi connectivity index (χ3n) is 4.89. The van der Waals surface area contributed by atoms with Gasteiger partial charge in [-0.3, -0.25) is 4.79 Å². The number of hydrazone groups is 1. The van der Waals surface area contributed by atoms with E-state index < -0.39 is 0 Å². The van der Waals surface area contributed by atoms with Crippen LogP contribution in [0.15, 0.2) is 46.0 Å². The zero-order valence-corrected chi connectivity index (χ0v) is 19.0. The molecule has 31 heavy (non-hydrogen) atoms. The molecule has 0 fully saturated rings. The van der Waals surface area contributed by atoms with Crippen molar-refractivity contribution in [3.8, 4) is 11.5 Å². The Hall–Kier alpha value is -2.92. The molecule has 0 N–H and O–H groups in total. The molecular formula is C20H22N6O3S2. The molecule has 0 unspecified atom stereocenters. The Labute approximate surface area is 188 Å². The van der Waals surface area contributed by atoms with Crippen molar-refractivity contribution in [3.63, 3.8) is 0 Å². The monoisotopic (exact) mass is 458 g/mol. The second-order valence-corrected chi connectivity index (χ2v) is 8.55. The maximum absolute atomic E-state index is 13.2. The highest BCUT2D eigenvalue weighted by atomic mass is 32.2. The van der Waals surface area contributed by atoms with Crippen molar-refractivity contribution in [3.05, 3.63) is 46.2 Å². The summed E-state index contributed by atoms with van der Waals surface area (Å²) in [7, 11) is 3.20. The van der Waals surface area contributed by atoms with Crippen molar-refractivity contribution in [2.45, 2.75) is 31.1 Å². The van der Waals surface area contributed by atoms with Crippen LogP contribution < -0.4 is 9.47 Å². The van der Waals surface area contributed by atoms with Gasteiger partial charge in [0.25, 0.3) is 5.91 Å². The van der Waals surface area contributed by atoms with Gasteiger partial charge < -0.3 is 9.47 Å². The first-order chi connectivity index (χ1) is 15.1. The molecule has 0 saturated heterocycles. The lowest BCUT2D eigenvalue weighted by Gasteiger charge is -2.22. The minimum atomic E-state index is -0.229. The fraction of sp³-hybridized carbons (Fsp3) is 0.350. The summed E-state index contributed by atoms with van der Waals surface area (Å²) in [5, 5.41) is 20.5. The van der Waals surface area contributed by atoms with Crippen molar-refractivity contribution in [2.75, 3.05) is 20.0 Å². The lowest BCUT2D eigenvalue weighted by atomic mass is 10.0. The van der Waals surface area contributed by atoms with Crippen LogP contribution in [0.4, 0.5) is 0 Å². The molecule has 11 heteroatoms. The lowest BCUT2D eigenvalue weighted by Crippen LogP contribution is -2.28. The van der Waals surface area contributed by atoms with Crippen LogP contribution in [-0.2, 0) is 11.3 Å². The number of thioether (sulfide) groups is 1. The molecule has 1 aromatic carbocycles. The summed E-state index contributed by atoms with van der Waals surface area (Å²) in [6, 6.07) is 9.48. The predicted molar refractivity (Wildman–Crippen MR) is 119 cm³/mol. The Bertz CT molecular complexity index is 1080. The van der Waals surface area contributed by atoms with E-state index in [-0.39, 0.29) is 17.7 Å². The van der Waals surface area contributed by atoms with E-state index >= 15 is 0 Å². The molecule has 162 valence electrons. The van der Waals surface area contributed by atoms with Gasteiger partial charge in [0.05, 0.1) is 36.6 Å². The van der Waals surface area contributed by atoms with Gasteiger partial charge in [-0.25, -0.2) is 9.69 Å². The number of rotatable bonds is 8. The largest absolute Gasteiger partial charge is 0.493 e. The maximum atomic E-state index is 13.2. The highest BCUT2D eigenvalue weighted by Crippen LogP contribution is 2.38. The summed E-state index contributed by atoms with van der Waals surface area (Å²) in [4.78, 5) is 14.2. The lowest BCUT2D eigenvalue weighted by molar-refractivity contribution is -0.130. The van der Waals surface area contributed by atoms with Crippen molar-refractivity contribution in [1.82, 2.24) is 25.2 Å². The molecule has 3 heterocycles. The fourth-order valence-corrected chi connectivity index (χ4v) is 4.86. The van der Waals surface area contributed by atoms with Crippen molar-refractivity contribution in [1.29, 1.82) is 0 Å². The van der Waals surface area contributed by atoms with Crippen LogP contribution in [-0.4, -0.2) is 56.8 Å². The number of thiophene rings is 1. The zero-order chi connectivity index (χ0) is 21.8. The Kier molecular flexibility index (Phi) is 6.52. The number of carbonyl (C=O) groups is 1. The van der Waals surface area contributed by atoms with Gasteiger partial charge in [0.15, 0.2) is 11.5 Å². The SMILES string of the molecule is CCn1nnnc1SCC(=O)N1N=C(c2cccs2)C[C@@H]1c1ccc(OC)c(OC)c1. The second-order valence-electron chi connectivity index (χ2n) is 6.66. The molecular weight excluding hydrogens is 436 g/mol. The number of ether oxygens (including phenoxy) is 2. The molecule has 2 aromatic heterocycles. The van der Waals surface area contributed by atoms with Crippen molar-refractivity contribution >= 4 is 34.7 Å². The molecule has 0 spiro atoms. The normalized spacial score (nSPS) is 15.8. The molecule has 9 nitrogen and oxygen atoms in total. The summed E-state index contributed by atoms with van der Waals surface area (Å²) in [5.41, 5.74) is 1.83. The molecule has 1 amide bonds. The van der Waals surface area contributed by atoms with Gasteiger partial charge >= 0.3 is 0 Å². The first-order valence-electron chi connectivity index (χ1n) is 9.68. The predicted octanol–water partition coefficient (Wildman–Crippen LogP) is 3.24. The number of hydrogen-bond acceptors (Lipinski definition) is 9. The number of benzene rings is 1. The first kappa shape index (κ1) is 21.3. The van der Waals surface area contributed by atoms with Crippen molar-refractivity contribution in [2.24, 2.45) is 5.10 Å². The highest BCUT2D eigenvalue weighted by Gasteiger charge is 2.34. The zero-order valence-electron chi connectivity index (χ0n) is 17.4. The number of nitrogens with zero attached hydrogens (tertiary/aromatic N) is 6. The minimum absolute atomic E-state index is 0.109. The van der Waals surface area contributed by atoms with E-state index in [9.17, 15) is 4.79 Å². The summed E-state index contributed by atoms with van der Waals surface area (Å²) in [6.45, 7) is 2.59. The second kappa shape index (κ2) is 9.48. The molecule has 1 aliphatic rings. The van der Waals surface area contributed by atoms with Gasteiger partial charge in [-0.1, -0.05) is 23.9 Å². The summed E-state index contributed by atoms with van der Waals surface area (Å²) in [6.07, 6.45) is 0.624. The van der Waals surface area contributed by atoms with E-state index in [2.05, 4.69) is 15.5 Å². The number of tetrazole rings is 1. The smallest absolute Gasteiger partial charge is 0.253 e. The van der Waals surface area contributed by atoms with Gasteiger partial charge in [0.2, 0.25) is 5.16 Å². The number of amides is 1. The Morgan fingerprint density at radius 1 is 1.26 bits per heavy atom. The topological polar surface area (TPSA) is 94.7 Å². The van der Waals surface area contributed by atoms with Crippen LogP contribution >= 0.6 is 23.1 Å². The molecule has 0 bridgehead atoms. The summed E-state index contributed by atoms with van der Waals surface area (Å²) in [5.74, 6) is 1.34. The minimum Gasteiger partial charge on any atom is -0.493 e. The van der Waals surface area contributed by atoms with Crippen LogP contribution in [0.2, 0.25) is 0 Å². The number of aryl methyl sites for hydroxylation is 1. The number of carbonyl (C=O) groups excluding carboxylic acids is 1. The molecule has 0 radical (unpaired) electrons. The number of hydrogen-bond donors (Lipinski definition) is 0. The first-order valence-corrected chi connectivity index (χ1v) is 11.6. The molecule has 1 atom stereocenters. The van der Waals surface area contributed by atoms with E-state index in [0.717, 1.165) is 16.2 Å². The maximum Gasteiger partial charge on any atom is 0.253 e. The van der Waals surface area contributed by atoms with Crippen LogP contribution in [0.25, 0.3) is 0 Å². The van der Waals surface area contributed by atoms with E-state index in [4.69, 9.17) is 14.6 Å². The standard InChI is InChI=1S/C20H22N6O3S2/c1-4-25-20(21-23-24-25)31-12-19(27)26-15(11-14(22-26)18-6-5-9-30-18)13-7-8-16(28-2)17(10-13)29-3/h5-10,15H,4,11-12H2,1-3H3/t15-/m1/s1. The van der Waals surface area contributed by atoms with Gasteiger partial charge in [0, 0.05) is 13.0 Å². The third-order valence-corrected chi connectivity index (χ3v) is 6.75. The Balaban J connectivity index is 1.60. The average Bonchev–Trinajstić information content (AvgIpc) is 3.56. The van der Waals surface area contributed by atoms with Crippen molar-refractivity contribution < 1.29 is 14.3 Å². The molecule has 0 aliphatic carbocycles. The fourth-order valence-electron chi connectivity index (χ4n) is 3.34. The van der Waals surface area contributed by atoms with Gasteiger partial charge in [-0.15, -0.1) is 16.4 Å². The molecule has 4 rings (SSSR count). The molecule has 1 aliphatic heterocycles. The number of methoxy groups -OCH3 is 2. The Morgan fingerprint density at radius 2 is 2.10 bits per heavy atom. The average molecular weight is 459 g/mol. The van der Waals surface area contributed by atoms with Gasteiger partial charge in [-0.2, -0.15) is 5.10 Å².